The van der Waals surface area contributed by atoms with Crippen molar-refractivity contribution in [1.29, 1.82) is 0 Å². The highest BCUT2D eigenvalue weighted by Crippen LogP contribution is 2.42. The minimum absolute atomic E-state index is 0.00819. The fraction of sp³-hybridized carbons (Fsp3) is 0.764. The lowest BCUT2D eigenvalue weighted by molar-refractivity contribution is -0.320. The molecular formula is C55H87N3O18. The van der Waals surface area contributed by atoms with E-state index >= 15 is 0 Å². The smallest absolute Gasteiger partial charge is 0.341 e. The van der Waals surface area contributed by atoms with Gasteiger partial charge in [-0.2, -0.15) is 0 Å². The molecule has 0 bridgehead atoms. The number of esters is 2. The Morgan fingerprint density at radius 1 is 0.895 bits per heavy atom. The highest BCUT2D eigenvalue weighted by Gasteiger charge is 2.55. The normalized spacial score (nSPS) is 37.1. The Morgan fingerprint density at radius 3 is 2.16 bits per heavy atom. The molecule has 1 aromatic carbocycles. The lowest BCUT2D eigenvalue weighted by Crippen LogP contribution is -2.61. The van der Waals surface area contributed by atoms with Crippen LogP contribution < -0.4 is 15.5 Å². The van der Waals surface area contributed by atoms with Gasteiger partial charge < -0.3 is 77.8 Å². The highest BCUT2D eigenvalue weighted by atomic mass is 16.7. The number of aromatic nitrogens is 1. The standard InChI is InChI=1S/C55H87N3O18/c1-16-40-55(11,67)47(63)31(5)43(60)29(3)26-53(9,68-14)48(76-52-45(62)39(57(12)13)24-30(4)71-52)32(6)46(33(7)51(66)73-40)75-42-27-54(10,69-15)49(34(8)72-42)74-41(59)20-21-56-22-23-70-35-18-19-36-38(25-35)58(17-2)28-37(44(36)61)50(64)65/h18-19,25,28-34,39-40,42,45-49,52,56,62-63,67H,16-17,20-24,26-27H2,1-15H3,(H,64,65)/t29-,30+,31+,32+,33-,34+,39-,40-,42+,45+,46+,47-,48-,49+,52-,53-,54-,55-/m1/s1. The fourth-order valence-corrected chi connectivity index (χ4v) is 11.4. The number of rotatable bonds is 18. The number of carbonyl (C=O) groups excluding carboxylic acids is 3. The van der Waals surface area contributed by atoms with Crippen molar-refractivity contribution < 1.29 is 82.2 Å². The number of fused-ring (bicyclic) bond motifs is 1. The third-order valence-corrected chi connectivity index (χ3v) is 16.2. The molecule has 430 valence electrons. The fourth-order valence-electron chi connectivity index (χ4n) is 11.4. The number of likely N-dealkylation sites (N-methyl/N-ethyl adjacent to an activating group) is 1. The van der Waals surface area contributed by atoms with Gasteiger partial charge in [0.05, 0.1) is 54.0 Å². The molecule has 2 aromatic rings. The first-order chi connectivity index (χ1) is 35.6. The number of aliphatic hydroxyl groups is 3. The van der Waals surface area contributed by atoms with E-state index in [1.807, 2.05) is 39.8 Å². The van der Waals surface area contributed by atoms with Crippen LogP contribution >= 0.6 is 0 Å². The number of cyclic esters (lactones) is 1. The number of aromatic carboxylic acids is 1. The predicted molar refractivity (Wildman–Crippen MR) is 279 cm³/mol. The van der Waals surface area contributed by atoms with Gasteiger partial charge in [0.1, 0.15) is 47.1 Å². The van der Waals surface area contributed by atoms with E-state index in [1.54, 1.807) is 64.3 Å². The van der Waals surface area contributed by atoms with Crippen molar-refractivity contribution in [3.05, 3.63) is 40.2 Å². The number of nitrogens with zero attached hydrogens (tertiary/aromatic N) is 2. The van der Waals surface area contributed by atoms with Crippen molar-refractivity contribution in [2.24, 2.45) is 23.7 Å². The molecule has 3 saturated heterocycles. The lowest BCUT2D eigenvalue weighted by Gasteiger charge is -2.50. The summed E-state index contributed by atoms with van der Waals surface area (Å²) in [5, 5.41) is 48.2. The summed E-state index contributed by atoms with van der Waals surface area (Å²) >= 11 is 0. The number of Topliss-reactive ketones (excluding diaryl/α,β-unsaturated/α-hetero) is 1. The Labute approximate surface area is 447 Å². The molecule has 5 rings (SSSR count). The molecule has 21 heteroatoms. The van der Waals surface area contributed by atoms with Gasteiger partial charge in [-0.3, -0.25) is 19.2 Å². The summed E-state index contributed by atoms with van der Waals surface area (Å²) in [6.07, 6.45) is -8.37. The number of nitrogens with one attached hydrogen (secondary N) is 1. The van der Waals surface area contributed by atoms with Crippen LogP contribution in [0, 0.1) is 23.7 Å². The predicted octanol–water partition coefficient (Wildman–Crippen LogP) is 4.08. The second kappa shape index (κ2) is 26.2. The number of hydrogen-bond acceptors (Lipinski definition) is 19. The Hall–Kier alpha value is -4.13. The van der Waals surface area contributed by atoms with Gasteiger partial charge in [-0.15, -0.1) is 0 Å². The SMILES string of the molecule is CC[C@H]1OC(=O)[C@H](C)[C@@H](O[C@H]2C[C@@](C)(OC)[C@@H](OC(=O)CCNCCOc3ccc4c(=O)c(C(=O)O)cn(CC)c4c3)[C@H](C)O2)[C@H](C)[C@@H](O[C@H]2O[C@@H](C)C[C@@H](N(C)C)[C@@H]2O)[C@](C)(OC)C[C@@H](C)C(=O)[C@H](C)[C@@H](O)[C@]1(C)O. The van der Waals surface area contributed by atoms with E-state index in [0.29, 0.717) is 30.8 Å². The van der Waals surface area contributed by atoms with Gasteiger partial charge in [0, 0.05) is 81.7 Å². The number of ketones is 1. The molecule has 18 atom stereocenters. The molecule has 0 saturated carbocycles. The summed E-state index contributed by atoms with van der Waals surface area (Å²) in [4.78, 5) is 68.5. The molecule has 5 N–H and O–H groups in total. The van der Waals surface area contributed by atoms with Crippen LogP contribution in [0.2, 0.25) is 0 Å². The van der Waals surface area contributed by atoms with Gasteiger partial charge in [-0.05, 0) is 94.0 Å². The van der Waals surface area contributed by atoms with Crippen LogP contribution in [0.5, 0.6) is 5.75 Å². The summed E-state index contributed by atoms with van der Waals surface area (Å²) < 4.78 is 58.8. The van der Waals surface area contributed by atoms with E-state index < -0.39 is 119 Å². The summed E-state index contributed by atoms with van der Waals surface area (Å²) in [5.41, 5.74) is -4.87. The van der Waals surface area contributed by atoms with Gasteiger partial charge in [0.2, 0.25) is 5.43 Å². The summed E-state index contributed by atoms with van der Waals surface area (Å²) in [5.74, 6) is -6.20. The van der Waals surface area contributed by atoms with E-state index in [1.165, 1.54) is 34.3 Å². The number of aliphatic hydroxyl groups excluding tert-OH is 2. The largest absolute Gasteiger partial charge is 0.492 e. The van der Waals surface area contributed by atoms with Crippen LogP contribution in [0.25, 0.3) is 10.9 Å². The van der Waals surface area contributed by atoms with Gasteiger partial charge in [-0.25, -0.2) is 4.79 Å². The number of carboxylic acid groups (broad SMARTS) is 1. The molecule has 0 aliphatic carbocycles. The average Bonchev–Trinajstić information content (AvgIpc) is 3.37. The Kier molecular flexibility index (Phi) is 21.6. The van der Waals surface area contributed by atoms with Crippen LogP contribution in [-0.4, -0.2) is 186 Å². The van der Waals surface area contributed by atoms with E-state index in [0.717, 1.165) is 0 Å². The maximum Gasteiger partial charge on any atom is 0.341 e. The zero-order valence-corrected chi connectivity index (χ0v) is 47.2. The zero-order valence-electron chi connectivity index (χ0n) is 47.2. The van der Waals surface area contributed by atoms with Crippen molar-refractivity contribution in [3.8, 4) is 5.75 Å². The highest BCUT2D eigenvalue weighted by molar-refractivity contribution is 5.93. The maximum atomic E-state index is 14.6. The van der Waals surface area contributed by atoms with E-state index in [-0.39, 0.29) is 67.7 Å². The summed E-state index contributed by atoms with van der Waals surface area (Å²) in [6.45, 7) is 20.0. The quantitative estimate of drug-likeness (QED) is 0.104. The minimum atomic E-state index is -2.03. The summed E-state index contributed by atoms with van der Waals surface area (Å²) in [7, 11) is 6.70. The van der Waals surface area contributed by atoms with E-state index in [2.05, 4.69) is 5.32 Å². The third-order valence-electron chi connectivity index (χ3n) is 16.2. The second-order valence-electron chi connectivity index (χ2n) is 22.1. The first-order valence-corrected chi connectivity index (χ1v) is 26.7. The zero-order chi connectivity index (χ0) is 56.8. The first kappa shape index (κ1) is 62.7. The molecule has 3 fully saturated rings. The number of hydrogen-bond donors (Lipinski definition) is 5. The average molecular weight is 1080 g/mol. The van der Waals surface area contributed by atoms with Crippen LogP contribution in [0.3, 0.4) is 0 Å². The Bertz CT molecular complexity index is 2360. The topological polar surface area (TPSA) is 270 Å². The van der Waals surface area contributed by atoms with Crippen molar-refractivity contribution in [3.63, 3.8) is 0 Å². The molecule has 4 heterocycles. The maximum absolute atomic E-state index is 14.6. The molecule has 0 unspecified atom stereocenters. The first-order valence-electron chi connectivity index (χ1n) is 26.7. The van der Waals surface area contributed by atoms with Crippen LogP contribution in [0.15, 0.2) is 29.2 Å². The number of ether oxygens (including phenoxy) is 9. The molecule has 21 nitrogen and oxygen atoms in total. The number of pyridine rings is 1. The van der Waals surface area contributed by atoms with Gasteiger partial charge >= 0.3 is 17.9 Å². The molecule has 0 amide bonds. The molecule has 3 aliphatic rings. The van der Waals surface area contributed by atoms with Crippen LogP contribution in [0.1, 0.15) is 119 Å². The number of benzene rings is 1. The van der Waals surface area contributed by atoms with Crippen molar-refractivity contribution in [2.75, 3.05) is 48.0 Å². The number of methoxy groups -OCH3 is 2. The van der Waals surface area contributed by atoms with Gasteiger partial charge in [0.25, 0.3) is 0 Å². The van der Waals surface area contributed by atoms with Crippen molar-refractivity contribution >= 4 is 34.6 Å². The molecule has 1 aromatic heterocycles. The van der Waals surface area contributed by atoms with Gasteiger partial charge in [-0.1, -0.05) is 27.7 Å². The molecule has 3 aliphatic heterocycles. The molecule has 0 radical (unpaired) electrons. The molecule has 76 heavy (non-hydrogen) atoms. The lowest BCUT2D eigenvalue weighted by atomic mass is 9.74. The third kappa shape index (κ3) is 14.0. The monoisotopic (exact) mass is 1080 g/mol. The Morgan fingerprint density at radius 2 is 1.55 bits per heavy atom. The van der Waals surface area contributed by atoms with Crippen LogP contribution in [-0.2, 0) is 58.8 Å². The number of aryl methyl sites for hydroxylation is 1. The van der Waals surface area contributed by atoms with Crippen molar-refractivity contribution in [1.82, 2.24) is 14.8 Å². The Balaban J connectivity index is 1.35. The number of carbonyl (C=O) groups is 4. The van der Waals surface area contributed by atoms with Crippen molar-refractivity contribution in [2.45, 2.75) is 199 Å². The van der Waals surface area contributed by atoms with Crippen LogP contribution in [0.4, 0.5) is 0 Å². The minimum Gasteiger partial charge on any atom is -0.492 e. The molecule has 0 spiro atoms. The van der Waals surface area contributed by atoms with E-state index in [4.69, 9.17) is 42.6 Å². The number of carboxylic acids is 1. The summed E-state index contributed by atoms with van der Waals surface area (Å²) in [6, 6.07) is 4.50. The second-order valence-corrected chi connectivity index (χ2v) is 22.1. The molecular weight excluding hydrogens is 991 g/mol. The van der Waals surface area contributed by atoms with Gasteiger partial charge in [0.15, 0.2) is 18.7 Å². The van der Waals surface area contributed by atoms with E-state index in [9.17, 15) is 44.4 Å².